The van der Waals surface area contributed by atoms with E-state index in [0.717, 1.165) is 22.9 Å². The minimum absolute atomic E-state index is 0.266. The molecule has 2 aromatic carbocycles. The van der Waals surface area contributed by atoms with Gasteiger partial charge in [0.1, 0.15) is 5.92 Å². The first kappa shape index (κ1) is 20.9. The highest BCUT2D eigenvalue weighted by atomic mass is 32.2. The van der Waals surface area contributed by atoms with E-state index in [4.69, 9.17) is 0 Å². The molecular formula is C22H24F2N2O3S. The first-order valence-electron chi connectivity index (χ1n) is 9.94. The van der Waals surface area contributed by atoms with Gasteiger partial charge in [0.05, 0.1) is 12.3 Å². The molecule has 2 aromatic rings. The van der Waals surface area contributed by atoms with Crippen molar-refractivity contribution in [3.63, 3.8) is 0 Å². The number of likely N-dealkylation sites (tertiary alicyclic amines) is 1. The van der Waals surface area contributed by atoms with Crippen LogP contribution in [0.3, 0.4) is 0 Å². The number of hydrogen-bond donors (Lipinski definition) is 1. The summed E-state index contributed by atoms with van der Waals surface area (Å²) in [6.07, 6.45) is 1.43. The summed E-state index contributed by atoms with van der Waals surface area (Å²) in [5, 5.41) is 0. The minimum Gasteiger partial charge on any atom is -0.337 e. The van der Waals surface area contributed by atoms with Crippen LogP contribution in [-0.2, 0) is 21.2 Å². The topological polar surface area (TPSA) is 66.5 Å². The van der Waals surface area contributed by atoms with Crippen LogP contribution in [0, 0.1) is 5.92 Å². The first-order chi connectivity index (χ1) is 14.1. The lowest BCUT2D eigenvalue weighted by molar-refractivity contribution is -0.135. The molecule has 1 saturated heterocycles. The Bertz CT molecular complexity index is 1040. The van der Waals surface area contributed by atoms with Gasteiger partial charge < -0.3 is 4.90 Å². The summed E-state index contributed by atoms with van der Waals surface area (Å²) in [5.41, 5.74) is 2.97. The number of halogens is 2. The maximum absolute atomic E-state index is 13.5. The average Bonchev–Trinajstić information content (AvgIpc) is 3.18. The summed E-state index contributed by atoms with van der Waals surface area (Å²) in [6.45, 7) is 0.266. The number of carbonyl (C=O) groups excluding carboxylic acids is 1. The van der Waals surface area contributed by atoms with Crippen molar-refractivity contribution in [2.45, 2.75) is 37.3 Å². The fourth-order valence-corrected chi connectivity index (χ4v) is 5.05. The van der Waals surface area contributed by atoms with E-state index in [0.29, 0.717) is 12.8 Å². The Morgan fingerprint density at radius 1 is 1.13 bits per heavy atom. The quantitative estimate of drug-likeness (QED) is 0.760. The summed E-state index contributed by atoms with van der Waals surface area (Å²) in [4.78, 5) is 14.1. The Labute approximate surface area is 175 Å². The molecule has 1 heterocycles. The molecule has 0 aromatic heterocycles. The number of hydrogen-bond acceptors (Lipinski definition) is 3. The van der Waals surface area contributed by atoms with Gasteiger partial charge in [0.2, 0.25) is 15.9 Å². The van der Waals surface area contributed by atoms with Crippen molar-refractivity contribution < 1.29 is 22.0 Å². The molecule has 0 radical (unpaired) electrons. The van der Waals surface area contributed by atoms with Gasteiger partial charge in [-0.1, -0.05) is 54.6 Å². The van der Waals surface area contributed by atoms with E-state index in [1.807, 2.05) is 54.6 Å². The molecule has 3 unspecified atom stereocenters. The number of alkyl halides is 2. The van der Waals surface area contributed by atoms with E-state index in [-0.39, 0.29) is 6.54 Å². The second kappa shape index (κ2) is 7.74. The summed E-state index contributed by atoms with van der Waals surface area (Å²) in [6, 6.07) is 16.6. The third-order valence-electron chi connectivity index (χ3n) is 5.80. The molecule has 1 saturated carbocycles. The Balaban J connectivity index is 1.59. The molecule has 1 amide bonds. The van der Waals surface area contributed by atoms with Crippen molar-refractivity contribution in [1.82, 2.24) is 9.62 Å². The predicted molar refractivity (Wildman–Crippen MR) is 111 cm³/mol. The number of sulfonamides is 1. The van der Waals surface area contributed by atoms with Crippen molar-refractivity contribution in [3.05, 3.63) is 60.2 Å². The predicted octanol–water partition coefficient (Wildman–Crippen LogP) is 3.07. The SMILES string of the molecule is CS(=O)(=O)NC1CCN(C(=O)C2CC2(F)F)C1Cc1cccc(-c2ccccc2)c1. The zero-order chi connectivity index (χ0) is 21.5. The van der Waals surface area contributed by atoms with Crippen LogP contribution in [-0.4, -0.2) is 50.0 Å². The van der Waals surface area contributed by atoms with Gasteiger partial charge in [-0.25, -0.2) is 21.9 Å². The fraction of sp³-hybridized carbons (Fsp3) is 0.409. The molecule has 0 spiro atoms. The second-order valence-corrected chi connectivity index (χ2v) is 9.95. The summed E-state index contributed by atoms with van der Waals surface area (Å²) < 4.78 is 53.2. The van der Waals surface area contributed by atoms with Gasteiger partial charge in [-0.15, -0.1) is 0 Å². The van der Waals surface area contributed by atoms with E-state index in [2.05, 4.69) is 4.72 Å². The summed E-state index contributed by atoms with van der Waals surface area (Å²) in [7, 11) is -3.50. The zero-order valence-electron chi connectivity index (χ0n) is 16.6. The number of benzene rings is 2. The molecule has 1 aliphatic heterocycles. The molecule has 5 nitrogen and oxygen atoms in total. The molecule has 2 fully saturated rings. The van der Waals surface area contributed by atoms with Crippen LogP contribution >= 0.6 is 0 Å². The standard InChI is InChI=1S/C22H24F2N2O3S/c1-30(28,29)25-19-10-11-26(21(27)18-14-22(18,23)24)20(19)13-15-6-5-9-17(12-15)16-7-3-2-4-8-16/h2-9,12,18-20,25H,10-11,13-14H2,1H3. The lowest BCUT2D eigenvalue weighted by Gasteiger charge is -2.29. The van der Waals surface area contributed by atoms with Gasteiger partial charge in [0.25, 0.3) is 5.92 Å². The van der Waals surface area contributed by atoms with E-state index >= 15 is 0 Å². The van der Waals surface area contributed by atoms with Crippen LogP contribution in [0.5, 0.6) is 0 Å². The Morgan fingerprint density at radius 3 is 2.43 bits per heavy atom. The van der Waals surface area contributed by atoms with Gasteiger partial charge in [0, 0.05) is 19.0 Å². The normalized spacial score (nSPS) is 25.3. The summed E-state index contributed by atoms with van der Waals surface area (Å²) >= 11 is 0. The van der Waals surface area contributed by atoms with Crippen LogP contribution in [0.25, 0.3) is 11.1 Å². The third kappa shape index (κ3) is 4.54. The van der Waals surface area contributed by atoms with Crippen LogP contribution < -0.4 is 4.72 Å². The molecule has 0 bridgehead atoms. The van der Waals surface area contributed by atoms with Gasteiger partial charge >= 0.3 is 0 Å². The molecule has 3 atom stereocenters. The average molecular weight is 435 g/mol. The van der Waals surface area contributed by atoms with Crippen molar-refractivity contribution in [1.29, 1.82) is 0 Å². The zero-order valence-corrected chi connectivity index (χ0v) is 17.4. The Morgan fingerprint density at radius 2 is 1.80 bits per heavy atom. The van der Waals surface area contributed by atoms with E-state index < -0.39 is 46.3 Å². The van der Waals surface area contributed by atoms with Crippen LogP contribution in [0.4, 0.5) is 8.78 Å². The Kier molecular flexibility index (Phi) is 5.40. The molecule has 2 aliphatic rings. The third-order valence-corrected chi connectivity index (χ3v) is 6.53. The van der Waals surface area contributed by atoms with Crippen LogP contribution in [0.15, 0.2) is 54.6 Å². The summed E-state index contributed by atoms with van der Waals surface area (Å²) in [5.74, 6) is -4.81. The van der Waals surface area contributed by atoms with Crippen LogP contribution in [0.1, 0.15) is 18.4 Å². The van der Waals surface area contributed by atoms with Gasteiger partial charge in [0.15, 0.2) is 0 Å². The molecule has 1 N–H and O–H groups in total. The maximum Gasteiger partial charge on any atom is 0.260 e. The largest absolute Gasteiger partial charge is 0.337 e. The molecular weight excluding hydrogens is 410 g/mol. The van der Waals surface area contributed by atoms with E-state index in [9.17, 15) is 22.0 Å². The molecule has 4 rings (SSSR count). The number of carbonyl (C=O) groups is 1. The highest BCUT2D eigenvalue weighted by Crippen LogP contribution is 2.50. The van der Waals surface area contributed by atoms with Crippen molar-refractivity contribution >= 4 is 15.9 Å². The maximum atomic E-state index is 13.5. The number of rotatable bonds is 6. The van der Waals surface area contributed by atoms with E-state index in [1.54, 1.807) is 0 Å². The molecule has 8 heteroatoms. The van der Waals surface area contributed by atoms with Crippen LogP contribution in [0.2, 0.25) is 0 Å². The van der Waals surface area contributed by atoms with Crippen molar-refractivity contribution in [2.24, 2.45) is 5.92 Å². The monoisotopic (exact) mass is 434 g/mol. The molecule has 160 valence electrons. The first-order valence-corrected chi connectivity index (χ1v) is 11.8. The van der Waals surface area contributed by atoms with Gasteiger partial charge in [-0.05, 0) is 29.5 Å². The van der Waals surface area contributed by atoms with Crippen molar-refractivity contribution in [2.75, 3.05) is 12.8 Å². The minimum atomic E-state index is -3.50. The van der Waals surface area contributed by atoms with Crippen molar-refractivity contribution in [3.8, 4) is 11.1 Å². The molecule has 30 heavy (non-hydrogen) atoms. The molecule has 1 aliphatic carbocycles. The lowest BCUT2D eigenvalue weighted by Crippen LogP contribution is -2.48. The smallest absolute Gasteiger partial charge is 0.260 e. The highest BCUT2D eigenvalue weighted by molar-refractivity contribution is 7.88. The fourth-order valence-electron chi connectivity index (χ4n) is 4.22. The number of nitrogens with zero attached hydrogens (tertiary/aromatic N) is 1. The number of nitrogens with one attached hydrogen (secondary N) is 1. The lowest BCUT2D eigenvalue weighted by atomic mass is 9.97. The second-order valence-electron chi connectivity index (χ2n) is 8.17. The van der Waals surface area contributed by atoms with E-state index in [1.165, 1.54) is 4.90 Å². The van der Waals surface area contributed by atoms with Gasteiger partial charge in [-0.2, -0.15) is 0 Å². The number of amides is 1. The van der Waals surface area contributed by atoms with Gasteiger partial charge in [-0.3, -0.25) is 4.79 Å². The highest BCUT2D eigenvalue weighted by Gasteiger charge is 2.63. The Hall–Kier alpha value is -2.32.